The lowest BCUT2D eigenvalue weighted by atomic mass is 9.86. The van der Waals surface area contributed by atoms with Crippen LogP contribution in [-0.4, -0.2) is 46.2 Å². The molecule has 1 aromatic heterocycles. The van der Waals surface area contributed by atoms with E-state index in [9.17, 15) is 9.59 Å². The summed E-state index contributed by atoms with van der Waals surface area (Å²) in [4.78, 5) is 34.1. The second-order valence-electron chi connectivity index (χ2n) is 11.0. The molecule has 0 unspecified atom stereocenters. The molecule has 0 spiro atoms. The second kappa shape index (κ2) is 12.1. The molecule has 4 aromatic rings. The van der Waals surface area contributed by atoms with Crippen molar-refractivity contribution in [3.05, 3.63) is 107 Å². The predicted molar refractivity (Wildman–Crippen MR) is 155 cm³/mol. The van der Waals surface area contributed by atoms with Gasteiger partial charge in [-0.2, -0.15) is 0 Å². The minimum atomic E-state index is -0.100. The summed E-state index contributed by atoms with van der Waals surface area (Å²) in [5.74, 6) is -0.140. The smallest absolute Gasteiger partial charge is 0.254 e. The lowest BCUT2D eigenvalue weighted by molar-refractivity contribution is -0.132. The summed E-state index contributed by atoms with van der Waals surface area (Å²) in [6.07, 6.45) is 3.55. The number of H-pyrrole nitrogens is 1. The maximum absolute atomic E-state index is 13.7. The normalized spacial score (nSPS) is 11.5. The predicted octanol–water partition coefficient (Wildman–Crippen LogP) is 6.59. The highest BCUT2D eigenvalue weighted by molar-refractivity contribution is 5.96. The Morgan fingerprint density at radius 3 is 2.18 bits per heavy atom. The molecule has 5 nitrogen and oxygen atoms in total. The number of fused-ring (bicyclic) bond motifs is 1. The fourth-order valence-corrected chi connectivity index (χ4v) is 4.77. The van der Waals surface area contributed by atoms with Crippen LogP contribution in [0.2, 0.25) is 0 Å². The van der Waals surface area contributed by atoms with Gasteiger partial charge in [-0.3, -0.25) is 9.59 Å². The fourth-order valence-electron chi connectivity index (χ4n) is 4.77. The summed E-state index contributed by atoms with van der Waals surface area (Å²) < 4.78 is 0. The van der Waals surface area contributed by atoms with Crippen molar-refractivity contribution in [1.29, 1.82) is 0 Å². The Hall–Kier alpha value is -3.86. The van der Waals surface area contributed by atoms with Crippen molar-refractivity contribution in [1.82, 2.24) is 14.8 Å². The molecule has 198 valence electrons. The first-order valence-corrected chi connectivity index (χ1v) is 13.5. The standard InChI is InChI=1S/C33H39N3O2/c1-5-20-36(32(38)26-15-17-28(18-16-26)33(2,3)4)24-31(37)35(23-25-11-7-6-8-12-25)21-19-27-22-34-30-14-10-9-13-29(27)30/h6-18,22,34H,5,19-21,23-24H2,1-4H3. The molecule has 3 aromatic carbocycles. The van der Waals surface area contributed by atoms with Gasteiger partial charge in [0, 0.05) is 42.3 Å². The third-order valence-electron chi connectivity index (χ3n) is 7.00. The highest BCUT2D eigenvalue weighted by Crippen LogP contribution is 2.23. The number of carbonyl (C=O) groups excluding carboxylic acids is 2. The van der Waals surface area contributed by atoms with Crippen molar-refractivity contribution >= 4 is 22.7 Å². The quantitative estimate of drug-likeness (QED) is 0.262. The molecule has 0 saturated heterocycles. The lowest BCUT2D eigenvalue weighted by Gasteiger charge is -2.28. The molecule has 2 amide bonds. The van der Waals surface area contributed by atoms with Crippen LogP contribution in [0.15, 0.2) is 85.1 Å². The third kappa shape index (κ3) is 6.71. The molecule has 0 atom stereocenters. The van der Waals surface area contributed by atoms with E-state index in [1.807, 2.05) is 84.8 Å². The van der Waals surface area contributed by atoms with Crippen molar-refractivity contribution in [3.8, 4) is 0 Å². The van der Waals surface area contributed by atoms with Crippen LogP contribution in [0.3, 0.4) is 0 Å². The molecular formula is C33H39N3O2. The number of hydrogen-bond donors (Lipinski definition) is 1. The van der Waals surface area contributed by atoms with E-state index in [1.54, 1.807) is 4.90 Å². The van der Waals surface area contributed by atoms with Gasteiger partial charge < -0.3 is 14.8 Å². The number of aromatic nitrogens is 1. The van der Waals surface area contributed by atoms with E-state index < -0.39 is 0 Å². The summed E-state index contributed by atoms with van der Waals surface area (Å²) in [5.41, 5.74) is 5.17. The van der Waals surface area contributed by atoms with Gasteiger partial charge in [0.25, 0.3) is 5.91 Å². The van der Waals surface area contributed by atoms with Gasteiger partial charge in [-0.05, 0) is 53.1 Å². The highest BCUT2D eigenvalue weighted by atomic mass is 16.2. The Morgan fingerprint density at radius 1 is 0.816 bits per heavy atom. The largest absolute Gasteiger partial charge is 0.361 e. The molecular weight excluding hydrogens is 470 g/mol. The fraction of sp³-hybridized carbons (Fsp3) is 0.333. The molecule has 0 bridgehead atoms. The van der Waals surface area contributed by atoms with E-state index in [1.165, 1.54) is 16.5 Å². The average molecular weight is 510 g/mol. The molecule has 0 saturated carbocycles. The minimum Gasteiger partial charge on any atom is -0.361 e. The molecule has 0 aliphatic heterocycles. The van der Waals surface area contributed by atoms with Gasteiger partial charge in [0.05, 0.1) is 0 Å². The number of rotatable bonds is 10. The van der Waals surface area contributed by atoms with Crippen molar-refractivity contribution in [3.63, 3.8) is 0 Å². The van der Waals surface area contributed by atoms with Gasteiger partial charge in [-0.1, -0.05) is 88.4 Å². The van der Waals surface area contributed by atoms with Crippen molar-refractivity contribution in [2.24, 2.45) is 0 Å². The Bertz CT molecular complexity index is 1350. The van der Waals surface area contributed by atoms with E-state index in [0.717, 1.165) is 23.9 Å². The highest BCUT2D eigenvalue weighted by Gasteiger charge is 2.23. The lowest BCUT2D eigenvalue weighted by Crippen LogP contribution is -2.43. The van der Waals surface area contributed by atoms with Gasteiger partial charge >= 0.3 is 0 Å². The van der Waals surface area contributed by atoms with Crippen molar-refractivity contribution in [2.75, 3.05) is 19.6 Å². The molecule has 0 aliphatic rings. The summed E-state index contributed by atoms with van der Waals surface area (Å²) in [7, 11) is 0. The monoisotopic (exact) mass is 509 g/mol. The SMILES string of the molecule is CCCN(CC(=O)N(CCc1c[nH]c2ccccc12)Cc1ccccc1)C(=O)c1ccc(C(C)(C)C)cc1. The molecule has 0 radical (unpaired) electrons. The molecule has 1 heterocycles. The van der Waals surface area contributed by atoms with Crippen LogP contribution < -0.4 is 0 Å². The van der Waals surface area contributed by atoms with Gasteiger partial charge in [0.2, 0.25) is 5.91 Å². The van der Waals surface area contributed by atoms with Crippen LogP contribution in [0.4, 0.5) is 0 Å². The van der Waals surface area contributed by atoms with E-state index in [4.69, 9.17) is 0 Å². The first kappa shape index (κ1) is 27.2. The zero-order chi connectivity index (χ0) is 27.1. The number of para-hydroxylation sites is 1. The minimum absolute atomic E-state index is 0.0172. The Balaban J connectivity index is 1.51. The van der Waals surface area contributed by atoms with Crippen LogP contribution in [0.1, 0.15) is 61.2 Å². The van der Waals surface area contributed by atoms with Gasteiger partial charge in [-0.25, -0.2) is 0 Å². The zero-order valence-electron chi connectivity index (χ0n) is 23.0. The Kier molecular flexibility index (Phi) is 8.67. The number of carbonyl (C=O) groups is 2. The van der Waals surface area contributed by atoms with Gasteiger partial charge in [0.1, 0.15) is 6.54 Å². The summed E-state index contributed by atoms with van der Waals surface area (Å²) in [6, 6.07) is 26.1. The number of aromatic amines is 1. The van der Waals surface area contributed by atoms with E-state index >= 15 is 0 Å². The average Bonchev–Trinajstić information content (AvgIpc) is 3.33. The van der Waals surface area contributed by atoms with E-state index in [-0.39, 0.29) is 23.8 Å². The third-order valence-corrected chi connectivity index (χ3v) is 7.00. The van der Waals surface area contributed by atoms with Crippen molar-refractivity contribution in [2.45, 2.75) is 52.5 Å². The number of amides is 2. The van der Waals surface area contributed by atoms with E-state index in [0.29, 0.717) is 25.2 Å². The number of hydrogen-bond acceptors (Lipinski definition) is 2. The Labute approximate surface area is 226 Å². The number of nitrogens with zero attached hydrogens (tertiary/aromatic N) is 2. The number of benzene rings is 3. The maximum Gasteiger partial charge on any atom is 0.254 e. The van der Waals surface area contributed by atoms with Gasteiger partial charge in [-0.15, -0.1) is 0 Å². The first-order valence-electron chi connectivity index (χ1n) is 13.5. The van der Waals surface area contributed by atoms with Crippen LogP contribution in [0, 0.1) is 0 Å². The van der Waals surface area contributed by atoms with Crippen LogP contribution in [-0.2, 0) is 23.2 Å². The van der Waals surface area contributed by atoms with Gasteiger partial charge in [0.15, 0.2) is 0 Å². The van der Waals surface area contributed by atoms with Crippen LogP contribution in [0.5, 0.6) is 0 Å². The van der Waals surface area contributed by atoms with Crippen LogP contribution >= 0.6 is 0 Å². The second-order valence-corrected chi connectivity index (χ2v) is 11.0. The molecule has 38 heavy (non-hydrogen) atoms. The summed E-state index contributed by atoms with van der Waals surface area (Å²) in [5, 5.41) is 1.18. The van der Waals surface area contributed by atoms with Crippen molar-refractivity contribution < 1.29 is 9.59 Å². The molecule has 0 aliphatic carbocycles. The number of nitrogens with one attached hydrogen (secondary N) is 1. The molecule has 4 rings (SSSR count). The van der Waals surface area contributed by atoms with E-state index in [2.05, 4.69) is 37.9 Å². The summed E-state index contributed by atoms with van der Waals surface area (Å²) >= 11 is 0. The molecule has 5 heteroatoms. The zero-order valence-corrected chi connectivity index (χ0v) is 23.0. The topological polar surface area (TPSA) is 56.4 Å². The summed E-state index contributed by atoms with van der Waals surface area (Å²) in [6.45, 7) is 10.2. The molecule has 0 fully saturated rings. The first-order chi connectivity index (χ1) is 18.3. The maximum atomic E-state index is 13.7. The van der Waals surface area contributed by atoms with Crippen LogP contribution in [0.25, 0.3) is 10.9 Å². The molecule has 1 N–H and O–H groups in total. The Morgan fingerprint density at radius 2 is 1.50 bits per heavy atom.